The van der Waals surface area contributed by atoms with Gasteiger partial charge in [0.1, 0.15) is 0 Å². The van der Waals surface area contributed by atoms with Crippen molar-refractivity contribution in [2.24, 2.45) is 5.92 Å². The summed E-state index contributed by atoms with van der Waals surface area (Å²) in [5.41, 5.74) is 0.816. The zero-order chi connectivity index (χ0) is 16.6. The molecule has 23 heavy (non-hydrogen) atoms. The van der Waals surface area contributed by atoms with Crippen molar-refractivity contribution in [3.05, 3.63) is 34.9 Å². The van der Waals surface area contributed by atoms with Crippen molar-refractivity contribution in [3.8, 4) is 0 Å². The van der Waals surface area contributed by atoms with E-state index in [1.54, 1.807) is 0 Å². The van der Waals surface area contributed by atoms with Crippen molar-refractivity contribution in [3.63, 3.8) is 0 Å². The highest BCUT2D eigenvalue weighted by Gasteiger charge is 2.48. The van der Waals surface area contributed by atoms with Crippen LogP contribution in [0.25, 0.3) is 0 Å². The highest BCUT2D eigenvalue weighted by atomic mass is 35.5. The number of nitrogens with zero attached hydrogens (tertiary/aromatic N) is 1. The Labute approximate surface area is 140 Å². The number of benzene rings is 1. The quantitative estimate of drug-likeness (QED) is 0.864. The SMILES string of the molecule is CC1(NCC(=O)O)CCN(C(=O)C2CC2c2cccc(Cl)c2)C1. The molecule has 2 N–H and O–H groups in total. The van der Waals surface area contributed by atoms with Crippen molar-refractivity contribution in [2.75, 3.05) is 19.6 Å². The molecule has 2 fully saturated rings. The zero-order valence-corrected chi connectivity index (χ0v) is 13.8. The van der Waals surface area contributed by atoms with Gasteiger partial charge in [-0.1, -0.05) is 23.7 Å². The summed E-state index contributed by atoms with van der Waals surface area (Å²) in [5, 5.41) is 12.5. The highest BCUT2D eigenvalue weighted by molar-refractivity contribution is 6.30. The normalized spacial score (nSPS) is 29.6. The summed E-state index contributed by atoms with van der Waals surface area (Å²) < 4.78 is 0. The number of halogens is 1. The Hall–Kier alpha value is -1.59. The third kappa shape index (κ3) is 3.67. The molecule has 1 aromatic rings. The Bertz CT molecular complexity index is 636. The number of aliphatic carboxylic acids is 1. The van der Waals surface area contributed by atoms with Crippen LogP contribution in [0.15, 0.2) is 24.3 Å². The Kier molecular flexibility index (Phi) is 4.34. The molecule has 1 amide bonds. The molecule has 1 saturated heterocycles. The van der Waals surface area contributed by atoms with E-state index < -0.39 is 5.97 Å². The van der Waals surface area contributed by atoms with Crippen molar-refractivity contribution >= 4 is 23.5 Å². The van der Waals surface area contributed by atoms with Crippen LogP contribution in [0.3, 0.4) is 0 Å². The molecule has 2 aliphatic rings. The van der Waals surface area contributed by atoms with Crippen LogP contribution in [0.5, 0.6) is 0 Å². The molecule has 5 nitrogen and oxygen atoms in total. The largest absolute Gasteiger partial charge is 0.480 e. The number of nitrogens with one attached hydrogen (secondary N) is 1. The lowest BCUT2D eigenvalue weighted by atomic mass is 10.0. The molecule has 0 bridgehead atoms. The first-order chi connectivity index (χ1) is 10.9. The minimum atomic E-state index is -0.876. The Morgan fingerprint density at radius 2 is 2.26 bits per heavy atom. The maximum absolute atomic E-state index is 12.7. The molecule has 1 aromatic carbocycles. The molecular formula is C17H21ClN2O3. The van der Waals surface area contributed by atoms with E-state index in [0.717, 1.165) is 18.4 Å². The van der Waals surface area contributed by atoms with Gasteiger partial charge >= 0.3 is 5.97 Å². The molecule has 1 heterocycles. The third-order valence-electron chi connectivity index (χ3n) is 4.84. The number of carboxylic acids is 1. The summed E-state index contributed by atoms with van der Waals surface area (Å²) in [5.74, 6) is -0.398. The van der Waals surface area contributed by atoms with Gasteiger partial charge in [0, 0.05) is 29.6 Å². The van der Waals surface area contributed by atoms with E-state index in [9.17, 15) is 9.59 Å². The molecule has 0 spiro atoms. The molecule has 0 radical (unpaired) electrons. The average Bonchev–Trinajstić information content (AvgIpc) is 3.21. The highest BCUT2D eigenvalue weighted by Crippen LogP contribution is 2.49. The fourth-order valence-corrected chi connectivity index (χ4v) is 3.59. The van der Waals surface area contributed by atoms with Gasteiger partial charge in [0.2, 0.25) is 5.91 Å². The maximum atomic E-state index is 12.7. The first kappa shape index (κ1) is 16.3. The van der Waals surface area contributed by atoms with Gasteiger partial charge in [-0.05, 0) is 43.4 Å². The molecule has 1 aliphatic carbocycles. The summed E-state index contributed by atoms with van der Waals surface area (Å²) in [4.78, 5) is 25.2. The van der Waals surface area contributed by atoms with E-state index in [1.807, 2.05) is 36.1 Å². The van der Waals surface area contributed by atoms with Gasteiger partial charge in [-0.3, -0.25) is 14.9 Å². The van der Waals surface area contributed by atoms with Crippen LogP contribution in [0.4, 0.5) is 0 Å². The topological polar surface area (TPSA) is 69.6 Å². The summed E-state index contributed by atoms with van der Waals surface area (Å²) in [6, 6.07) is 7.71. The van der Waals surface area contributed by atoms with E-state index in [2.05, 4.69) is 5.32 Å². The summed E-state index contributed by atoms with van der Waals surface area (Å²) >= 11 is 6.02. The van der Waals surface area contributed by atoms with Crippen molar-refractivity contribution in [1.82, 2.24) is 10.2 Å². The van der Waals surface area contributed by atoms with Crippen molar-refractivity contribution in [2.45, 2.75) is 31.2 Å². The van der Waals surface area contributed by atoms with E-state index in [1.165, 1.54) is 0 Å². The smallest absolute Gasteiger partial charge is 0.317 e. The second-order valence-corrected chi connectivity index (χ2v) is 7.26. The molecule has 3 unspecified atom stereocenters. The van der Waals surface area contributed by atoms with Gasteiger partial charge in [-0.2, -0.15) is 0 Å². The fourth-order valence-electron chi connectivity index (χ4n) is 3.39. The Balaban J connectivity index is 1.57. The van der Waals surface area contributed by atoms with Crippen LogP contribution in [-0.4, -0.2) is 47.1 Å². The molecule has 1 saturated carbocycles. The Morgan fingerprint density at radius 3 is 2.96 bits per heavy atom. The minimum Gasteiger partial charge on any atom is -0.480 e. The first-order valence-electron chi connectivity index (χ1n) is 7.89. The van der Waals surface area contributed by atoms with Gasteiger partial charge in [0.25, 0.3) is 0 Å². The monoisotopic (exact) mass is 336 g/mol. The average molecular weight is 337 g/mol. The van der Waals surface area contributed by atoms with Crippen LogP contribution < -0.4 is 5.32 Å². The van der Waals surface area contributed by atoms with E-state index in [0.29, 0.717) is 18.1 Å². The summed E-state index contributed by atoms with van der Waals surface area (Å²) in [6.07, 6.45) is 1.65. The molecule has 1 aliphatic heterocycles. The first-order valence-corrected chi connectivity index (χ1v) is 8.27. The van der Waals surface area contributed by atoms with Crippen LogP contribution in [0, 0.1) is 5.92 Å². The van der Waals surface area contributed by atoms with E-state index >= 15 is 0 Å². The van der Waals surface area contributed by atoms with Crippen LogP contribution >= 0.6 is 11.6 Å². The molecule has 0 aromatic heterocycles. The van der Waals surface area contributed by atoms with Gasteiger partial charge in [0.15, 0.2) is 0 Å². The Morgan fingerprint density at radius 1 is 1.48 bits per heavy atom. The lowest BCUT2D eigenvalue weighted by molar-refractivity contribution is -0.136. The maximum Gasteiger partial charge on any atom is 0.317 e. The molecule has 3 atom stereocenters. The van der Waals surface area contributed by atoms with Crippen LogP contribution in [0.1, 0.15) is 31.2 Å². The van der Waals surface area contributed by atoms with Crippen molar-refractivity contribution < 1.29 is 14.7 Å². The van der Waals surface area contributed by atoms with Gasteiger partial charge in [-0.15, -0.1) is 0 Å². The standard InChI is InChI=1S/C17H21ClN2O3/c1-17(19-9-15(21)22)5-6-20(10-17)16(23)14-8-13(14)11-3-2-4-12(18)7-11/h2-4,7,13-14,19H,5-6,8-10H2,1H3,(H,21,22). The van der Waals surface area contributed by atoms with E-state index in [-0.39, 0.29) is 29.8 Å². The lowest BCUT2D eigenvalue weighted by Crippen LogP contribution is -2.47. The molecule has 6 heteroatoms. The number of carbonyl (C=O) groups is 2. The number of hydrogen-bond donors (Lipinski definition) is 2. The van der Waals surface area contributed by atoms with E-state index in [4.69, 9.17) is 16.7 Å². The van der Waals surface area contributed by atoms with Crippen LogP contribution in [-0.2, 0) is 9.59 Å². The number of likely N-dealkylation sites (tertiary alicyclic amines) is 1. The van der Waals surface area contributed by atoms with Gasteiger partial charge < -0.3 is 10.0 Å². The molecule has 124 valence electrons. The second-order valence-electron chi connectivity index (χ2n) is 6.82. The molecular weight excluding hydrogens is 316 g/mol. The third-order valence-corrected chi connectivity index (χ3v) is 5.07. The number of carbonyl (C=O) groups excluding carboxylic acids is 1. The number of hydrogen-bond acceptors (Lipinski definition) is 3. The molecule has 3 rings (SSSR count). The lowest BCUT2D eigenvalue weighted by Gasteiger charge is -2.25. The fraction of sp³-hybridized carbons (Fsp3) is 0.529. The number of rotatable bonds is 5. The predicted octanol–water partition coefficient (Wildman–Crippen LogP) is 2.11. The second kappa shape index (κ2) is 6.13. The van der Waals surface area contributed by atoms with Crippen LogP contribution in [0.2, 0.25) is 5.02 Å². The zero-order valence-electron chi connectivity index (χ0n) is 13.1. The van der Waals surface area contributed by atoms with Gasteiger partial charge in [-0.25, -0.2) is 0 Å². The minimum absolute atomic E-state index is 0.0373. The number of amides is 1. The van der Waals surface area contributed by atoms with Gasteiger partial charge in [0.05, 0.1) is 6.54 Å². The summed E-state index contributed by atoms with van der Waals surface area (Å²) in [7, 11) is 0. The predicted molar refractivity (Wildman–Crippen MR) is 87.5 cm³/mol. The van der Waals surface area contributed by atoms with Crippen molar-refractivity contribution in [1.29, 1.82) is 0 Å². The summed E-state index contributed by atoms with van der Waals surface area (Å²) in [6.45, 7) is 3.15. The number of carboxylic acid groups (broad SMARTS) is 1.